The molecule has 0 bridgehead atoms. The predicted molar refractivity (Wildman–Crippen MR) is 128 cm³/mol. The van der Waals surface area contributed by atoms with Crippen molar-refractivity contribution in [3.63, 3.8) is 0 Å². The van der Waals surface area contributed by atoms with Crippen LogP contribution in [-0.2, 0) is 16.0 Å². The largest absolute Gasteiger partial charge is 0.466 e. The number of nitrogens with zero attached hydrogens (tertiary/aromatic N) is 2. The third kappa shape index (κ3) is 5.69. The molecule has 1 fully saturated rings. The summed E-state index contributed by atoms with van der Waals surface area (Å²) in [4.78, 5) is 16.4. The van der Waals surface area contributed by atoms with E-state index in [1.807, 2.05) is 31.2 Å². The molecule has 0 aliphatic heterocycles. The van der Waals surface area contributed by atoms with Crippen molar-refractivity contribution in [3.8, 4) is 22.8 Å². The number of hydrogen-bond donors (Lipinski definition) is 1. The molecule has 3 aromatic rings. The first-order valence-corrected chi connectivity index (χ1v) is 11.9. The second kappa shape index (κ2) is 10.3. The van der Waals surface area contributed by atoms with E-state index < -0.39 is 0 Å². The highest BCUT2D eigenvalue weighted by atomic mass is 16.5. The van der Waals surface area contributed by atoms with Crippen LogP contribution in [0.5, 0.6) is 0 Å². The lowest BCUT2D eigenvalue weighted by atomic mass is 9.80. The van der Waals surface area contributed by atoms with Crippen LogP contribution in [0.15, 0.2) is 53.1 Å². The van der Waals surface area contributed by atoms with Crippen molar-refractivity contribution in [3.05, 3.63) is 59.7 Å². The maximum absolute atomic E-state index is 11.8. The predicted octanol–water partition coefficient (Wildman–Crippen LogP) is 5.59. The molecule has 1 N–H and O–H groups in total. The number of benzene rings is 2. The van der Waals surface area contributed by atoms with Gasteiger partial charge in [0.2, 0.25) is 5.82 Å². The molecule has 0 amide bonds. The van der Waals surface area contributed by atoms with Gasteiger partial charge in [0.05, 0.1) is 12.5 Å². The van der Waals surface area contributed by atoms with Gasteiger partial charge in [0, 0.05) is 23.2 Å². The lowest BCUT2D eigenvalue weighted by Gasteiger charge is -2.36. The van der Waals surface area contributed by atoms with Gasteiger partial charge in [-0.05, 0) is 62.3 Å². The first kappa shape index (κ1) is 23.2. The number of ether oxygens (including phenoxy) is 1. The Bertz CT molecular complexity index is 1050. The highest BCUT2D eigenvalue weighted by molar-refractivity contribution is 5.73. The van der Waals surface area contributed by atoms with Crippen LogP contribution in [0.1, 0.15) is 57.7 Å². The summed E-state index contributed by atoms with van der Waals surface area (Å²) >= 11 is 0. The molecule has 33 heavy (non-hydrogen) atoms. The molecule has 6 heteroatoms. The van der Waals surface area contributed by atoms with Gasteiger partial charge in [-0.1, -0.05) is 55.4 Å². The summed E-state index contributed by atoms with van der Waals surface area (Å²) < 4.78 is 10.6. The summed E-state index contributed by atoms with van der Waals surface area (Å²) in [5.74, 6) is 1.71. The average Bonchev–Trinajstić information content (AvgIpc) is 3.26. The molecule has 1 heterocycles. The quantitative estimate of drug-likeness (QED) is 0.431. The van der Waals surface area contributed by atoms with Gasteiger partial charge < -0.3 is 14.6 Å². The van der Waals surface area contributed by atoms with Crippen molar-refractivity contribution >= 4 is 5.97 Å². The average molecular weight is 448 g/mol. The van der Waals surface area contributed by atoms with E-state index in [4.69, 9.17) is 9.26 Å². The highest BCUT2D eigenvalue weighted by Crippen LogP contribution is 2.31. The van der Waals surface area contributed by atoms with Crippen LogP contribution in [0.4, 0.5) is 0 Å². The fraction of sp³-hybridized carbons (Fsp3) is 0.444. The van der Waals surface area contributed by atoms with Crippen LogP contribution in [0.25, 0.3) is 22.8 Å². The van der Waals surface area contributed by atoms with E-state index in [0.29, 0.717) is 30.3 Å². The molecular formula is C27H33N3O3. The van der Waals surface area contributed by atoms with Crippen LogP contribution in [0.3, 0.4) is 0 Å². The van der Waals surface area contributed by atoms with Crippen LogP contribution in [-0.4, -0.2) is 28.8 Å². The van der Waals surface area contributed by atoms with Crippen LogP contribution < -0.4 is 5.32 Å². The first-order chi connectivity index (χ1) is 15.9. The molecule has 0 radical (unpaired) electrons. The molecule has 1 aliphatic rings. The zero-order valence-electron chi connectivity index (χ0n) is 19.9. The standard InChI is InChI=1S/C27H33N3O3/c1-5-32-27(31)23-15-24(16-23)28-18(4)20-10-12-21(13-11-20)25-29-26(33-30-25)22-8-6-19(7-9-22)14-17(2)3/h6-13,17-18,23-24,28H,5,14-16H2,1-4H3/t18-,23-,24+/m1/s1. The number of carbonyl (C=O) groups is 1. The van der Waals surface area contributed by atoms with Gasteiger partial charge in [0.1, 0.15) is 0 Å². The van der Waals surface area contributed by atoms with Crippen molar-refractivity contribution in [2.45, 2.75) is 59.0 Å². The highest BCUT2D eigenvalue weighted by Gasteiger charge is 2.36. The van der Waals surface area contributed by atoms with Gasteiger partial charge in [-0.25, -0.2) is 0 Å². The number of esters is 1. The van der Waals surface area contributed by atoms with Crippen LogP contribution >= 0.6 is 0 Å². The van der Waals surface area contributed by atoms with E-state index in [2.05, 4.69) is 60.5 Å². The second-order valence-electron chi connectivity index (χ2n) is 9.35. The molecule has 0 spiro atoms. The third-order valence-electron chi connectivity index (χ3n) is 6.18. The molecule has 1 aliphatic carbocycles. The Labute approximate surface area is 195 Å². The van der Waals surface area contributed by atoms with E-state index in [0.717, 1.165) is 30.4 Å². The number of hydrogen-bond acceptors (Lipinski definition) is 6. The number of aromatic nitrogens is 2. The van der Waals surface area contributed by atoms with Crippen LogP contribution in [0.2, 0.25) is 0 Å². The molecule has 1 atom stereocenters. The summed E-state index contributed by atoms with van der Waals surface area (Å²) in [6.45, 7) is 8.87. The Balaban J connectivity index is 1.34. The Hall–Kier alpha value is -2.99. The van der Waals surface area contributed by atoms with Gasteiger partial charge in [0.25, 0.3) is 5.89 Å². The number of rotatable bonds is 9. The Kier molecular flexibility index (Phi) is 7.23. The first-order valence-electron chi connectivity index (χ1n) is 11.9. The topological polar surface area (TPSA) is 77.2 Å². The van der Waals surface area contributed by atoms with E-state index in [9.17, 15) is 4.79 Å². The summed E-state index contributed by atoms with van der Waals surface area (Å²) in [5, 5.41) is 7.78. The minimum absolute atomic E-state index is 0.0378. The molecule has 4 rings (SSSR count). The van der Waals surface area contributed by atoms with Gasteiger partial charge in [-0.15, -0.1) is 0 Å². The minimum Gasteiger partial charge on any atom is -0.466 e. The normalized spacial score (nSPS) is 18.7. The van der Waals surface area contributed by atoms with E-state index in [1.54, 1.807) is 0 Å². The van der Waals surface area contributed by atoms with E-state index in [-0.39, 0.29) is 17.9 Å². The molecule has 1 aromatic heterocycles. The SMILES string of the molecule is CCOC(=O)[C@H]1C[C@@H](N[C@H](C)c2ccc(-c3noc(-c4ccc(CC(C)C)cc4)n3)cc2)C1. The molecule has 0 unspecified atom stereocenters. The van der Waals surface area contributed by atoms with Crippen molar-refractivity contribution in [1.29, 1.82) is 0 Å². The summed E-state index contributed by atoms with van der Waals surface area (Å²) in [6, 6.07) is 17.1. The Morgan fingerprint density at radius 3 is 2.36 bits per heavy atom. The molecular weight excluding hydrogens is 414 g/mol. The zero-order valence-corrected chi connectivity index (χ0v) is 19.9. The van der Waals surface area contributed by atoms with Gasteiger partial charge >= 0.3 is 5.97 Å². The second-order valence-corrected chi connectivity index (χ2v) is 9.35. The number of carbonyl (C=O) groups excluding carboxylic acids is 1. The fourth-order valence-electron chi connectivity index (χ4n) is 4.29. The molecule has 2 aromatic carbocycles. The lowest BCUT2D eigenvalue weighted by molar-refractivity contribution is -0.151. The monoisotopic (exact) mass is 447 g/mol. The fourth-order valence-corrected chi connectivity index (χ4v) is 4.29. The Morgan fingerprint density at radius 2 is 1.73 bits per heavy atom. The summed E-state index contributed by atoms with van der Waals surface area (Å²) in [6.07, 6.45) is 2.73. The molecule has 0 saturated heterocycles. The third-order valence-corrected chi connectivity index (χ3v) is 6.18. The Morgan fingerprint density at radius 1 is 1.06 bits per heavy atom. The van der Waals surface area contributed by atoms with Crippen molar-refractivity contribution in [1.82, 2.24) is 15.5 Å². The van der Waals surface area contributed by atoms with Gasteiger partial charge in [-0.3, -0.25) is 4.79 Å². The smallest absolute Gasteiger partial charge is 0.309 e. The van der Waals surface area contributed by atoms with Crippen LogP contribution in [0, 0.1) is 11.8 Å². The van der Waals surface area contributed by atoms with E-state index >= 15 is 0 Å². The zero-order chi connectivity index (χ0) is 23.4. The maximum atomic E-state index is 11.8. The molecule has 1 saturated carbocycles. The molecule has 174 valence electrons. The minimum atomic E-state index is -0.0708. The summed E-state index contributed by atoms with van der Waals surface area (Å²) in [5.41, 5.74) is 4.34. The van der Waals surface area contributed by atoms with Gasteiger partial charge in [0.15, 0.2) is 0 Å². The van der Waals surface area contributed by atoms with Gasteiger partial charge in [-0.2, -0.15) is 4.98 Å². The number of nitrogens with one attached hydrogen (secondary N) is 1. The lowest BCUT2D eigenvalue weighted by Crippen LogP contribution is -2.45. The van der Waals surface area contributed by atoms with Crippen molar-refractivity contribution in [2.24, 2.45) is 11.8 Å². The van der Waals surface area contributed by atoms with Crippen molar-refractivity contribution < 1.29 is 14.1 Å². The van der Waals surface area contributed by atoms with Crippen molar-refractivity contribution in [2.75, 3.05) is 6.61 Å². The van der Waals surface area contributed by atoms with E-state index in [1.165, 1.54) is 11.1 Å². The maximum Gasteiger partial charge on any atom is 0.309 e. The molecule has 6 nitrogen and oxygen atoms in total. The summed E-state index contributed by atoms with van der Waals surface area (Å²) in [7, 11) is 0.